The van der Waals surface area contributed by atoms with E-state index < -0.39 is 5.91 Å². The molecule has 2 heterocycles. The molecule has 0 saturated carbocycles. The van der Waals surface area contributed by atoms with E-state index in [0.29, 0.717) is 34.2 Å². The van der Waals surface area contributed by atoms with Crippen molar-refractivity contribution in [2.45, 2.75) is 6.92 Å². The highest BCUT2D eigenvalue weighted by Crippen LogP contribution is 2.28. The first kappa shape index (κ1) is 21.3. The molecule has 0 bridgehead atoms. The minimum Gasteiger partial charge on any atom is -0.457 e. The molecular weight excluding hydrogens is 413 g/mol. The Kier molecular flexibility index (Phi) is 6.00. The summed E-state index contributed by atoms with van der Waals surface area (Å²) in [6, 6.07) is 13.5. The first-order chi connectivity index (χ1) is 15.4. The number of hydrogen-bond acceptors (Lipinski definition) is 6. The maximum Gasteiger partial charge on any atom is 0.270 e. The number of aryl methyl sites for hydroxylation is 2. The van der Waals surface area contributed by atoms with Gasteiger partial charge in [-0.25, -0.2) is 9.37 Å². The molecule has 0 fully saturated rings. The number of amides is 1. The monoisotopic (exact) mass is 435 g/mol. The number of aliphatic hydroxyl groups excluding tert-OH is 1. The number of carbonyl (C=O) groups excluding carboxylic acids is 1. The first-order valence-electron chi connectivity index (χ1n) is 9.97. The van der Waals surface area contributed by atoms with Crippen LogP contribution >= 0.6 is 0 Å². The molecule has 0 aliphatic rings. The molecule has 0 atom stereocenters. The van der Waals surface area contributed by atoms with E-state index in [1.807, 2.05) is 17.7 Å². The Morgan fingerprint density at radius 2 is 1.97 bits per heavy atom. The highest BCUT2D eigenvalue weighted by Gasteiger charge is 2.12. The van der Waals surface area contributed by atoms with Crippen molar-refractivity contribution in [3.05, 3.63) is 71.8 Å². The summed E-state index contributed by atoms with van der Waals surface area (Å²) >= 11 is 0. The van der Waals surface area contributed by atoms with Crippen molar-refractivity contribution in [3.8, 4) is 11.5 Å². The molecule has 0 aliphatic carbocycles. The minimum absolute atomic E-state index is 0.146. The van der Waals surface area contributed by atoms with E-state index in [4.69, 9.17) is 9.84 Å². The summed E-state index contributed by atoms with van der Waals surface area (Å²) in [6.45, 7) is 1.71. The van der Waals surface area contributed by atoms with Crippen LogP contribution in [0.5, 0.6) is 11.5 Å². The van der Waals surface area contributed by atoms with E-state index in [-0.39, 0.29) is 24.7 Å². The Morgan fingerprint density at radius 3 is 2.75 bits per heavy atom. The van der Waals surface area contributed by atoms with Gasteiger partial charge in [-0.05, 0) is 42.8 Å². The fourth-order valence-electron chi connectivity index (χ4n) is 3.15. The minimum atomic E-state index is -0.395. The predicted molar refractivity (Wildman–Crippen MR) is 119 cm³/mol. The first-order valence-corrected chi connectivity index (χ1v) is 9.97. The van der Waals surface area contributed by atoms with Crippen LogP contribution in [-0.4, -0.2) is 38.7 Å². The van der Waals surface area contributed by atoms with E-state index in [9.17, 15) is 9.18 Å². The zero-order valence-electron chi connectivity index (χ0n) is 17.6. The van der Waals surface area contributed by atoms with E-state index in [1.54, 1.807) is 37.3 Å². The number of nitrogens with one attached hydrogen (secondary N) is 2. The molecule has 164 valence electrons. The van der Waals surface area contributed by atoms with Crippen LogP contribution in [0.3, 0.4) is 0 Å². The maximum atomic E-state index is 13.9. The third-order valence-corrected chi connectivity index (χ3v) is 4.88. The molecule has 8 nitrogen and oxygen atoms in total. The number of hydrogen-bond donors (Lipinski definition) is 3. The van der Waals surface area contributed by atoms with Gasteiger partial charge in [0.25, 0.3) is 5.91 Å². The third kappa shape index (κ3) is 4.52. The number of pyridine rings is 1. The zero-order valence-corrected chi connectivity index (χ0v) is 17.6. The van der Waals surface area contributed by atoms with Crippen LogP contribution < -0.4 is 15.4 Å². The van der Waals surface area contributed by atoms with Crippen molar-refractivity contribution in [1.29, 1.82) is 0 Å². The number of imidazole rings is 1. The summed E-state index contributed by atoms with van der Waals surface area (Å²) in [7, 11) is 1.86. The Morgan fingerprint density at radius 1 is 1.16 bits per heavy atom. The lowest BCUT2D eigenvalue weighted by molar-refractivity contribution is 0.0939. The smallest absolute Gasteiger partial charge is 0.270 e. The summed E-state index contributed by atoms with van der Waals surface area (Å²) in [5.41, 5.74) is 2.92. The maximum absolute atomic E-state index is 13.9. The number of fused-ring (bicyclic) bond motifs is 1. The second kappa shape index (κ2) is 9.03. The van der Waals surface area contributed by atoms with Gasteiger partial charge < -0.3 is 25.0 Å². The molecule has 4 aromatic rings. The summed E-state index contributed by atoms with van der Waals surface area (Å²) in [5, 5.41) is 14.5. The summed E-state index contributed by atoms with van der Waals surface area (Å²) in [6.07, 6.45) is 1.48. The van der Waals surface area contributed by atoms with E-state index in [0.717, 1.165) is 5.52 Å². The van der Waals surface area contributed by atoms with E-state index >= 15 is 0 Å². The summed E-state index contributed by atoms with van der Waals surface area (Å²) in [5.74, 6) is 0.862. The van der Waals surface area contributed by atoms with Gasteiger partial charge in [-0.3, -0.25) is 9.78 Å². The van der Waals surface area contributed by atoms with E-state index in [2.05, 4.69) is 20.6 Å². The van der Waals surface area contributed by atoms with Crippen LogP contribution in [0.4, 0.5) is 16.0 Å². The van der Waals surface area contributed by atoms with Crippen molar-refractivity contribution in [2.24, 2.45) is 7.05 Å². The highest BCUT2D eigenvalue weighted by atomic mass is 19.1. The number of carbonyl (C=O) groups is 1. The number of rotatable bonds is 7. The van der Waals surface area contributed by atoms with Crippen molar-refractivity contribution < 1.29 is 19.0 Å². The van der Waals surface area contributed by atoms with Gasteiger partial charge in [-0.1, -0.05) is 6.07 Å². The average Bonchev–Trinajstić information content (AvgIpc) is 3.09. The molecule has 2 aromatic carbocycles. The van der Waals surface area contributed by atoms with Gasteiger partial charge in [0.15, 0.2) is 0 Å². The normalized spacial score (nSPS) is 10.9. The number of benzene rings is 2. The van der Waals surface area contributed by atoms with Gasteiger partial charge in [0.1, 0.15) is 23.0 Å². The number of anilines is 2. The molecule has 0 radical (unpaired) electrons. The Bertz CT molecular complexity index is 1290. The van der Waals surface area contributed by atoms with Gasteiger partial charge in [0.05, 0.1) is 17.6 Å². The molecule has 9 heteroatoms. The Balaban J connectivity index is 1.55. The van der Waals surface area contributed by atoms with Gasteiger partial charge >= 0.3 is 0 Å². The number of aromatic nitrogens is 3. The zero-order chi connectivity index (χ0) is 22.7. The van der Waals surface area contributed by atoms with Gasteiger partial charge in [-0.2, -0.15) is 0 Å². The molecule has 0 unspecified atom stereocenters. The largest absolute Gasteiger partial charge is 0.457 e. The molecule has 4 rings (SSSR count). The SMILES string of the molecule is Cc1ccc(Nc2nc3cc(Oc4ccnc(C(=O)NCCO)c4)ccc3n2C)cc1F. The van der Waals surface area contributed by atoms with Crippen molar-refractivity contribution in [3.63, 3.8) is 0 Å². The fourth-order valence-corrected chi connectivity index (χ4v) is 3.15. The fraction of sp³-hybridized carbons (Fsp3) is 0.174. The lowest BCUT2D eigenvalue weighted by atomic mass is 10.2. The van der Waals surface area contributed by atoms with Crippen LogP contribution in [0.2, 0.25) is 0 Å². The topological polar surface area (TPSA) is 101 Å². The van der Waals surface area contributed by atoms with Crippen LogP contribution in [0.25, 0.3) is 11.0 Å². The van der Waals surface area contributed by atoms with Crippen LogP contribution in [-0.2, 0) is 7.05 Å². The highest BCUT2D eigenvalue weighted by molar-refractivity contribution is 5.92. The van der Waals surface area contributed by atoms with Crippen molar-refractivity contribution in [2.75, 3.05) is 18.5 Å². The standard InChI is InChI=1S/C23H22FN5O3/c1-14-3-4-15(11-18(14)24)27-23-28-19-12-16(5-6-21(19)29(23)2)32-17-7-8-25-20(13-17)22(31)26-9-10-30/h3-8,11-13,30H,9-10H2,1-2H3,(H,26,31)(H,27,28). The molecule has 2 aromatic heterocycles. The molecule has 0 saturated heterocycles. The predicted octanol–water partition coefficient (Wildman–Crippen LogP) is 3.67. The average molecular weight is 435 g/mol. The van der Waals surface area contributed by atoms with Gasteiger partial charge in [0, 0.05) is 37.6 Å². The molecular formula is C23H22FN5O3. The van der Waals surface area contributed by atoms with E-state index in [1.165, 1.54) is 18.3 Å². The molecule has 1 amide bonds. The van der Waals surface area contributed by atoms with Crippen LogP contribution in [0, 0.1) is 12.7 Å². The Labute approximate surface area is 183 Å². The lowest BCUT2D eigenvalue weighted by Crippen LogP contribution is -2.27. The third-order valence-electron chi connectivity index (χ3n) is 4.88. The number of nitrogens with zero attached hydrogens (tertiary/aromatic N) is 3. The van der Waals surface area contributed by atoms with Gasteiger partial charge in [-0.15, -0.1) is 0 Å². The van der Waals surface area contributed by atoms with Crippen LogP contribution in [0.15, 0.2) is 54.7 Å². The molecule has 0 spiro atoms. The number of aliphatic hydroxyl groups is 1. The summed E-state index contributed by atoms with van der Waals surface area (Å²) in [4.78, 5) is 20.6. The van der Waals surface area contributed by atoms with Crippen molar-refractivity contribution >= 4 is 28.6 Å². The van der Waals surface area contributed by atoms with Crippen molar-refractivity contribution in [1.82, 2.24) is 19.9 Å². The lowest BCUT2D eigenvalue weighted by Gasteiger charge is -2.08. The second-order valence-corrected chi connectivity index (χ2v) is 7.19. The Hall–Kier alpha value is -3.98. The van der Waals surface area contributed by atoms with Gasteiger partial charge in [0.2, 0.25) is 5.95 Å². The molecule has 3 N–H and O–H groups in total. The summed E-state index contributed by atoms with van der Waals surface area (Å²) < 4.78 is 21.6. The quantitative estimate of drug-likeness (QED) is 0.409. The molecule has 0 aliphatic heterocycles. The van der Waals surface area contributed by atoms with Crippen LogP contribution in [0.1, 0.15) is 16.1 Å². The number of ether oxygens (including phenoxy) is 1. The second-order valence-electron chi connectivity index (χ2n) is 7.19. The molecule has 32 heavy (non-hydrogen) atoms. The number of halogens is 1.